The zero-order valence-electron chi connectivity index (χ0n) is 10.0. The zero-order valence-corrected chi connectivity index (χ0v) is 10.0. The van der Waals surface area contributed by atoms with E-state index in [1.54, 1.807) is 0 Å². The fourth-order valence-electron chi connectivity index (χ4n) is 1.32. The molecule has 4 nitrogen and oxygen atoms in total. The number of anilines is 1. The van der Waals surface area contributed by atoms with Crippen LogP contribution in [0.2, 0.25) is 0 Å². The van der Waals surface area contributed by atoms with Gasteiger partial charge in [0.25, 0.3) is 0 Å². The predicted molar refractivity (Wildman–Crippen MR) is 62.2 cm³/mol. The lowest BCUT2D eigenvalue weighted by Crippen LogP contribution is -2.21. The minimum Gasteiger partial charge on any atom is -0.380 e. The molecule has 1 N–H and O–H groups in total. The number of hydrogen-bond donors (Lipinski definition) is 1. The van der Waals surface area contributed by atoms with Crippen molar-refractivity contribution in [1.29, 1.82) is 0 Å². The minimum absolute atomic E-state index is 0.315. The zero-order chi connectivity index (χ0) is 11.3. The largest absolute Gasteiger partial charge is 0.380 e. The van der Waals surface area contributed by atoms with Crippen molar-refractivity contribution >= 4 is 5.69 Å². The summed E-state index contributed by atoms with van der Waals surface area (Å²) in [4.78, 5) is 0. The van der Waals surface area contributed by atoms with Gasteiger partial charge < -0.3 is 10.1 Å². The molecule has 0 aliphatic heterocycles. The number of nitrogens with one attached hydrogen (secondary N) is 1. The monoisotopic (exact) mass is 211 g/mol. The van der Waals surface area contributed by atoms with E-state index in [0.717, 1.165) is 18.9 Å². The van der Waals surface area contributed by atoms with Gasteiger partial charge in [0, 0.05) is 24.9 Å². The van der Waals surface area contributed by atoms with Crippen molar-refractivity contribution in [2.24, 2.45) is 0 Å². The Hall–Kier alpha value is -1.03. The molecule has 1 heterocycles. The summed E-state index contributed by atoms with van der Waals surface area (Å²) in [5, 5.41) is 7.61. The smallest absolute Gasteiger partial charge is 0.0729 e. The fraction of sp³-hybridized carbons (Fsp3) is 0.727. The van der Waals surface area contributed by atoms with Gasteiger partial charge in [0.05, 0.1) is 18.5 Å². The molecule has 1 rings (SSSR count). The maximum Gasteiger partial charge on any atom is 0.0729 e. The van der Waals surface area contributed by atoms with Crippen LogP contribution in [-0.4, -0.2) is 29.0 Å². The number of nitrogens with zero attached hydrogens (tertiary/aromatic N) is 2. The quantitative estimate of drug-likeness (QED) is 0.784. The average molecular weight is 211 g/mol. The maximum atomic E-state index is 5.33. The molecule has 15 heavy (non-hydrogen) atoms. The number of ether oxygens (including phenoxy) is 1. The lowest BCUT2D eigenvalue weighted by molar-refractivity contribution is 0.141. The van der Waals surface area contributed by atoms with Crippen LogP contribution in [0.15, 0.2) is 12.4 Å². The van der Waals surface area contributed by atoms with Crippen LogP contribution in [-0.2, 0) is 4.74 Å². The first kappa shape index (κ1) is 12.0. The van der Waals surface area contributed by atoms with E-state index in [4.69, 9.17) is 4.74 Å². The summed E-state index contributed by atoms with van der Waals surface area (Å²) < 4.78 is 7.27. The first-order chi connectivity index (χ1) is 7.13. The van der Waals surface area contributed by atoms with Gasteiger partial charge >= 0.3 is 0 Å². The summed E-state index contributed by atoms with van der Waals surface area (Å²) in [6, 6.07) is 0.720. The van der Waals surface area contributed by atoms with Gasteiger partial charge in [0.15, 0.2) is 0 Å². The summed E-state index contributed by atoms with van der Waals surface area (Å²) in [7, 11) is 0. The van der Waals surface area contributed by atoms with Gasteiger partial charge in [-0.1, -0.05) is 0 Å². The second kappa shape index (κ2) is 5.75. The Balaban J connectivity index is 2.42. The van der Waals surface area contributed by atoms with E-state index in [9.17, 15) is 0 Å². The third-order valence-electron chi connectivity index (χ3n) is 2.12. The predicted octanol–water partition coefficient (Wildman–Crippen LogP) is 2.30. The third kappa shape index (κ3) is 3.91. The second-order valence-corrected chi connectivity index (χ2v) is 4.01. The molecule has 1 unspecified atom stereocenters. The standard InChI is InChI=1S/C11H21N3O/c1-5-15-8-10(4)13-11-6-12-14(7-11)9(2)3/h6-7,9-10,13H,5,8H2,1-4H3. The second-order valence-electron chi connectivity index (χ2n) is 4.01. The molecular weight excluding hydrogens is 190 g/mol. The molecule has 0 saturated carbocycles. The molecule has 86 valence electrons. The van der Waals surface area contributed by atoms with E-state index in [0.29, 0.717) is 12.1 Å². The van der Waals surface area contributed by atoms with Gasteiger partial charge in [0.1, 0.15) is 0 Å². The van der Waals surface area contributed by atoms with Gasteiger partial charge in [-0.05, 0) is 27.7 Å². The summed E-state index contributed by atoms with van der Waals surface area (Å²) in [5.74, 6) is 0. The van der Waals surface area contributed by atoms with E-state index in [-0.39, 0.29) is 0 Å². The van der Waals surface area contributed by atoms with Crippen molar-refractivity contribution in [2.75, 3.05) is 18.5 Å². The van der Waals surface area contributed by atoms with Crippen molar-refractivity contribution in [3.63, 3.8) is 0 Å². The molecule has 0 fully saturated rings. The van der Waals surface area contributed by atoms with E-state index in [1.165, 1.54) is 0 Å². The van der Waals surface area contributed by atoms with E-state index in [2.05, 4.69) is 31.2 Å². The Morgan fingerprint density at radius 2 is 2.20 bits per heavy atom. The molecule has 0 spiro atoms. The molecule has 0 aliphatic rings. The normalized spacial score (nSPS) is 13.1. The highest BCUT2D eigenvalue weighted by Crippen LogP contribution is 2.10. The van der Waals surface area contributed by atoms with E-state index < -0.39 is 0 Å². The first-order valence-corrected chi connectivity index (χ1v) is 5.52. The number of aromatic nitrogens is 2. The maximum absolute atomic E-state index is 5.33. The molecule has 1 aromatic heterocycles. The minimum atomic E-state index is 0.315. The van der Waals surface area contributed by atoms with Crippen molar-refractivity contribution in [3.05, 3.63) is 12.4 Å². The van der Waals surface area contributed by atoms with Crippen LogP contribution >= 0.6 is 0 Å². The van der Waals surface area contributed by atoms with E-state index >= 15 is 0 Å². The topological polar surface area (TPSA) is 39.1 Å². The molecule has 4 heteroatoms. The Labute approximate surface area is 91.6 Å². The Morgan fingerprint density at radius 1 is 1.47 bits per heavy atom. The molecule has 0 aromatic carbocycles. The van der Waals surface area contributed by atoms with Crippen molar-refractivity contribution in [3.8, 4) is 0 Å². The van der Waals surface area contributed by atoms with Crippen molar-refractivity contribution in [1.82, 2.24) is 9.78 Å². The third-order valence-corrected chi connectivity index (χ3v) is 2.12. The molecule has 1 aromatic rings. The van der Waals surface area contributed by atoms with E-state index in [1.807, 2.05) is 24.0 Å². The molecule has 1 atom stereocenters. The van der Waals surface area contributed by atoms with Crippen LogP contribution in [0.1, 0.15) is 33.7 Å². The number of hydrogen-bond acceptors (Lipinski definition) is 3. The first-order valence-electron chi connectivity index (χ1n) is 5.52. The summed E-state index contributed by atoms with van der Waals surface area (Å²) in [6.45, 7) is 9.81. The molecule has 0 radical (unpaired) electrons. The highest BCUT2D eigenvalue weighted by Gasteiger charge is 2.05. The lowest BCUT2D eigenvalue weighted by Gasteiger charge is -2.13. The van der Waals surface area contributed by atoms with Gasteiger partial charge in [-0.25, -0.2) is 0 Å². The molecule has 0 aliphatic carbocycles. The molecular formula is C11H21N3O. The Morgan fingerprint density at radius 3 is 2.73 bits per heavy atom. The average Bonchev–Trinajstić information content (AvgIpc) is 2.63. The SMILES string of the molecule is CCOCC(C)Nc1cnn(C(C)C)c1. The summed E-state index contributed by atoms with van der Waals surface area (Å²) in [5.41, 5.74) is 1.05. The van der Waals surface area contributed by atoms with Gasteiger partial charge in [-0.2, -0.15) is 5.10 Å². The Kier molecular flexibility index (Phi) is 4.62. The summed E-state index contributed by atoms with van der Waals surface area (Å²) >= 11 is 0. The highest BCUT2D eigenvalue weighted by molar-refractivity contribution is 5.39. The van der Waals surface area contributed by atoms with Crippen LogP contribution in [0.4, 0.5) is 5.69 Å². The van der Waals surface area contributed by atoms with Gasteiger partial charge in [-0.3, -0.25) is 4.68 Å². The van der Waals surface area contributed by atoms with Crippen LogP contribution < -0.4 is 5.32 Å². The van der Waals surface area contributed by atoms with Crippen LogP contribution in [0, 0.1) is 0 Å². The van der Waals surface area contributed by atoms with Gasteiger partial charge in [-0.15, -0.1) is 0 Å². The van der Waals surface area contributed by atoms with Crippen molar-refractivity contribution in [2.45, 2.75) is 39.8 Å². The van der Waals surface area contributed by atoms with Crippen LogP contribution in [0.3, 0.4) is 0 Å². The van der Waals surface area contributed by atoms with Crippen LogP contribution in [0.25, 0.3) is 0 Å². The lowest BCUT2D eigenvalue weighted by atomic mass is 10.3. The fourth-order valence-corrected chi connectivity index (χ4v) is 1.32. The summed E-state index contributed by atoms with van der Waals surface area (Å²) in [6.07, 6.45) is 3.87. The molecule has 0 amide bonds. The van der Waals surface area contributed by atoms with Crippen LogP contribution in [0.5, 0.6) is 0 Å². The van der Waals surface area contributed by atoms with Gasteiger partial charge in [0.2, 0.25) is 0 Å². The highest BCUT2D eigenvalue weighted by atomic mass is 16.5. The Bertz CT molecular complexity index is 283. The molecule has 0 saturated heterocycles. The molecule has 0 bridgehead atoms. The number of rotatable bonds is 6. The van der Waals surface area contributed by atoms with Crippen molar-refractivity contribution < 1.29 is 4.74 Å².